The van der Waals surface area contributed by atoms with Crippen LogP contribution in [0.5, 0.6) is 5.75 Å². The second-order valence-corrected chi connectivity index (χ2v) is 6.77. The number of benzene rings is 1. The summed E-state index contributed by atoms with van der Waals surface area (Å²) in [7, 11) is 1.67. The molecule has 0 spiro atoms. The fourth-order valence-electron chi connectivity index (χ4n) is 2.96. The summed E-state index contributed by atoms with van der Waals surface area (Å²) >= 11 is 3.53. The Kier molecular flexibility index (Phi) is 3.53. The molecule has 2 heterocycles. The van der Waals surface area contributed by atoms with Crippen LogP contribution in [0.4, 0.5) is 0 Å². The average molecular weight is 370 g/mol. The van der Waals surface area contributed by atoms with E-state index in [2.05, 4.69) is 38.0 Å². The van der Waals surface area contributed by atoms with E-state index in [0.29, 0.717) is 11.8 Å². The standard InChI is InChI=1S/C18H16BrN3O/c1-10-5-6-20-18(21-10)13-8-12(13)15-4-3-11-7-17(23-2)14(19)9-16(11)22-15/h3-7,9,12-13H,8H2,1-2H3/t12-,13-/m0/s1. The summed E-state index contributed by atoms with van der Waals surface area (Å²) in [6.45, 7) is 2.00. The largest absolute Gasteiger partial charge is 0.496 e. The number of aromatic nitrogens is 3. The van der Waals surface area contributed by atoms with Gasteiger partial charge in [0.05, 0.1) is 17.1 Å². The zero-order valence-corrected chi connectivity index (χ0v) is 14.5. The lowest BCUT2D eigenvalue weighted by Crippen LogP contribution is -1.96. The van der Waals surface area contributed by atoms with Crippen molar-refractivity contribution in [2.75, 3.05) is 7.11 Å². The first-order valence-electron chi connectivity index (χ1n) is 7.59. The molecular formula is C18H16BrN3O. The quantitative estimate of drug-likeness (QED) is 0.687. The summed E-state index contributed by atoms with van der Waals surface area (Å²) in [4.78, 5) is 13.8. The first-order valence-corrected chi connectivity index (χ1v) is 8.39. The van der Waals surface area contributed by atoms with Crippen molar-refractivity contribution in [1.82, 2.24) is 15.0 Å². The number of methoxy groups -OCH3 is 1. The minimum Gasteiger partial charge on any atom is -0.496 e. The molecule has 1 fully saturated rings. The van der Waals surface area contributed by atoms with E-state index in [4.69, 9.17) is 9.72 Å². The minimum absolute atomic E-state index is 0.390. The van der Waals surface area contributed by atoms with E-state index < -0.39 is 0 Å². The van der Waals surface area contributed by atoms with E-state index in [1.807, 2.05) is 31.3 Å². The van der Waals surface area contributed by atoms with E-state index in [0.717, 1.165) is 44.8 Å². The third-order valence-corrected chi connectivity index (χ3v) is 4.92. The van der Waals surface area contributed by atoms with Gasteiger partial charge in [0.2, 0.25) is 0 Å². The number of hydrogen-bond donors (Lipinski definition) is 0. The molecule has 1 saturated carbocycles. The third kappa shape index (κ3) is 2.70. The first-order chi connectivity index (χ1) is 11.2. The highest BCUT2D eigenvalue weighted by Gasteiger charge is 2.42. The predicted octanol–water partition coefficient (Wildman–Crippen LogP) is 4.38. The van der Waals surface area contributed by atoms with Crippen LogP contribution in [-0.2, 0) is 0 Å². The monoisotopic (exact) mass is 369 g/mol. The van der Waals surface area contributed by atoms with Gasteiger partial charge < -0.3 is 4.74 Å². The van der Waals surface area contributed by atoms with Crippen molar-refractivity contribution < 1.29 is 4.74 Å². The van der Waals surface area contributed by atoms with E-state index in [-0.39, 0.29) is 0 Å². The number of rotatable bonds is 3. The van der Waals surface area contributed by atoms with Gasteiger partial charge in [0, 0.05) is 34.8 Å². The molecule has 116 valence electrons. The smallest absolute Gasteiger partial charge is 0.133 e. The fourth-order valence-corrected chi connectivity index (χ4v) is 3.45. The molecule has 1 aliphatic rings. The van der Waals surface area contributed by atoms with Crippen LogP contribution in [0.3, 0.4) is 0 Å². The van der Waals surface area contributed by atoms with Crippen molar-refractivity contribution >= 4 is 26.8 Å². The number of ether oxygens (including phenoxy) is 1. The molecule has 3 aromatic rings. The summed E-state index contributed by atoms with van der Waals surface area (Å²) < 4.78 is 6.26. The molecule has 23 heavy (non-hydrogen) atoms. The van der Waals surface area contributed by atoms with Gasteiger partial charge >= 0.3 is 0 Å². The Balaban J connectivity index is 1.66. The second-order valence-electron chi connectivity index (χ2n) is 5.92. The third-order valence-electron chi connectivity index (χ3n) is 4.30. The van der Waals surface area contributed by atoms with Crippen molar-refractivity contribution in [2.45, 2.75) is 25.2 Å². The van der Waals surface area contributed by atoms with E-state index in [1.54, 1.807) is 7.11 Å². The lowest BCUT2D eigenvalue weighted by atomic mass is 10.1. The molecule has 0 bridgehead atoms. The van der Waals surface area contributed by atoms with Crippen LogP contribution in [-0.4, -0.2) is 22.1 Å². The molecule has 0 aliphatic heterocycles. The van der Waals surface area contributed by atoms with Crippen LogP contribution in [0.25, 0.3) is 10.9 Å². The van der Waals surface area contributed by atoms with Crippen LogP contribution in [0.1, 0.15) is 35.5 Å². The Hall–Kier alpha value is -2.01. The molecule has 0 amide bonds. The Morgan fingerprint density at radius 1 is 1.13 bits per heavy atom. The van der Waals surface area contributed by atoms with Gasteiger partial charge in [0.15, 0.2) is 0 Å². The normalized spacial score (nSPS) is 19.8. The van der Waals surface area contributed by atoms with Crippen molar-refractivity contribution in [3.8, 4) is 5.75 Å². The maximum Gasteiger partial charge on any atom is 0.133 e. The average Bonchev–Trinajstić information content (AvgIpc) is 3.34. The molecule has 0 unspecified atom stereocenters. The van der Waals surface area contributed by atoms with E-state index in [1.165, 1.54) is 0 Å². The lowest BCUT2D eigenvalue weighted by molar-refractivity contribution is 0.413. The molecule has 4 rings (SSSR count). The fraction of sp³-hybridized carbons (Fsp3) is 0.278. The Morgan fingerprint density at radius 3 is 2.78 bits per heavy atom. The summed E-state index contributed by atoms with van der Waals surface area (Å²) in [5, 5.41) is 1.08. The molecular weight excluding hydrogens is 354 g/mol. The van der Waals surface area contributed by atoms with E-state index in [9.17, 15) is 0 Å². The number of pyridine rings is 1. The van der Waals surface area contributed by atoms with Gasteiger partial charge in [-0.05, 0) is 53.5 Å². The second kappa shape index (κ2) is 5.57. The summed E-state index contributed by atoms with van der Waals surface area (Å²) in [6, 6.07) is 10.2. The minimum atomic E-state index is 0.390. The summed E-state index contributed by atoms with van der Waals surface area (Å²) in [5.74, 6) is 2.57. The highest BCUT2D eigenvalue weighted by atomic mass is 79.9. The highest BCUT2D eigenvalue weighted by molar-refractivity contribution is 9.10. The molecule has 0 N–H and O–H groups in total. The summed E-state index contributed by atoms with van der Waals surface area (Å²) in [5.41, 5.74) is 3.11. The van der Waals surface area contributed by atoms with Crippen LogP contribution in [0.15, 0.2) is 41.0 Å². The predicted molar refractivity (Wildman–Crippen MR) is 92.9 cm³/mol. The van der Waals surface area contributed by atoms with E-state index >= 15 is 0 Å². The van der Waals surface area contributed by atoms with Crippen LogP contribution < -0.4 is 4.74 Å². The molecule has 2 aromatic heterocycles. The number of fused-ring (bicyclic) bond motifs is 1. The SMILES string of the molecule is COc1cc2ccc([C@H]3C[C@@H]3c3nccc(C)n3)nc2cc1Br. The van der Waals surface area contributed by atoms with Gasteiger partial charge in [-0.1, -0.05) is 6.07 Å². The maximum absolute atomic E-state index is 5.34. The van der Waals surface area contributed by atoms with Crippen LogP contribution in [0.2, 0.25) is 0 Å². The molecule has 0 saturated heterocycles. The highest BCUT2D eigenvalue weighted by Crippen LogP contribution is 2.53. The van der Waals surface area contributed by atoms with Crippen molar-refractivity contribution in [3.05, 3.63) is 58.2 Å². The Morgan fingerprint density at radius 2 is 2.00 bits per heavy atom. The van der Waals surface area contributed by atoms with Gasteiger partial charge in [0.1, 0.15) is 11.6 Å². The molecule has 1 aliphatic carbocycles. The Bertz CT molecular complexity index is 897. The zero-order chi connectivity index (χ0) is 16.0. The Labute approximate surface area is 143 Å². The molecule has 2 atom stereocenters. The van der Waals surface area contributed by atoms with Crippen LogP contribution >= 0.6 is 15.9 Å². The summed E-state index contributed by atoms with van der Waals surface area (Å²) in [6.07, 6.45) is 2.91. The topological polar surface area (TPSA) is 47.9 Å². The molecule has 5 heteroatoms. The first kappa shape index (κ1) is 14.6. The van der Waals surface area contributed by atoms with Gasteiger partial charge in [-0.3, -0.25) is 4.98 Å². The van der Waals surface area contributed by atoms with Gasteiger partial charge in [-0.25, -0.2) is 9.97 Å². The molecule has 0 radical (unpaired) electrons. The number of halogens is 1. The lowest BCUT2D eigenvalue weighted by Gasteiger charge is -2.07. The van der Waals surface area contributed by atoms with Crippen molar-refractivity contribution in [1.29, 1.82) is 0 Å². The van der Waals surface area contributed by atoms with Crippen LogP contribution in [0, 0.1) is 6.92 Å². The van der Waals surface area contributed by atoms with Gasteiger partial charge in [-0.2, -0.15) is 0 Å². The zero-order valence-electron chi connectivity index (χ0n) is 13.0. The molecule has 1 aromatic carbocycles. The van der Waals surface area contributed by atoms with Gasteiger partial charge in [0.25, 0.3) is 0 Å². The molecule has 4 nitrogen and oxygen atoms in total. The number of hydrogen-bond acceptors (Lipinski definition) is 4. The van der Waals surface area contributed by atoms with Crippen molar-refractivity contribution in [3.63, 3.8) is 0 Å². The van der Waals surface area contributed by atoms with Crippen molar-refractivity contribution in [2.24, 2.45) is 0 Å². The number of aryl methyl sites for hydroxylation is 1. The maximum atomic E-state index is 5.34. The van der Waals surface area contributed by atoms with Gasteiger partial charge in [-0.15, -0.1) is 0 Å². The number of nitrogens with zero attached hydrogens (tertiary/aromatic N) is 3.